The Morgan fingerprint density at radius 2 is 1.73 bits per heavy atom. The van der Waals surface area contributed by atoms with Crippen LogP contribution in [0.25, 0.3) is 0 Å². The van der Waals surface area contributed by atoms with Crippen LogP contribution in [-0.2, 0) is 26.5 Å². The van der Waals surface area contributed by atoms with Crippen molar-refractivity contribution in [1.82, 2.24) is 0 Å². The molecular weight excluding hydrogens is 228 g/mol. The van der Waals surface area contributed by atoms with Gasteiger partial charge in [-0.25, -0.2) is 0 Å². The Kier molecular flexibility index (Phi) is 11.9. The molecule has 88 valence electrons. The Morgan fingerprint density at radius 3 is 2.13 bits per heavy atom. The average Bonchev–Trinajstić information content (AvgIpc) is 2.09. The molecule has 0 aliphatic carbocycles. The quantitative estimate of drug-likeness (QED) is 0.412. The van der Waals surface area contributed by atoms with E-state index in [0.717, 1.165) is 12.8 Å². The molecule has 0 rings (SSSR count). The summed E-state index contributed by atoms with van der Waals surface area (Å²) in [5.74, 6) is -0.355. The van der Waals surface area contributed by atoms with Crippen molar-refractivity contribution in [3.8, 4) is 0 Å². The van der Waals surface area contributed by atoms with Gasteiger partial charge in [0, 0.05) is 28.1 Å². The van der Waals surface area contributed by atoms with Crippen molar-refractivity contribution in [2.45, 2.75) is 59.0 Å². The molecule has 0 aromatic heterocycles. The minimum Gasteiger partial charge on any atom is -0.488 e. The molecule has 0 atom stereocenters. The van der Waals surface area contributed by atoms with Crippen LogP contribution in [0.3, 0.4) is 0 Å². The van der Waals surface area contributed by atoms with Gasteiger partial charge in [0.2, 0.25) is 0 Å². The van der Waals surface area contributed by atoms with Gasteiger partial charge in [-0.05, 0) is 20.3 Å². The Balaban J connectivity index is 0. The number of hydrogen-bond acceptors (Lipinski definition) is 3. The van der Waals surface area contributed by atoms with E-state index in [1.807, 2.05) is 13.8 Å². The third-order valence-corrected chi connectivity index (χ3v) is 1.88. The van der Waals surface area contributed by atoms with E-state index < -0.39 is 5.95 Å². The van der Waals surface area contributed by atoms with Gasteiger partial charge >= 0.3 is 5.95 Å². The molecule has 0 amide bonds. The van der Waals surface area contributed by atoms with Crippen molar-refractivity contribution in [3.63, 3.8) is 0 Å². The predicted octanol–water partition coefficient (Wildman–Crippen LogP) is 3.66. The first kappa shape index (κ1) is 17.3. The van der Waals surface area contributed by atoms with E-state index in [1.165, 1.54) is 12.8 Å². The van der Waals surface area contributed by atoms with Gasteiger partial charge in [-0.15, -0.1) is 0 Å². The van der Waals surface area contributed by atoms with Crippen LogP contribution in [0, 0.1) is 0 Å². The van der Waals surface area contributed by atoms with Gasteiger partial charge in [0.25, 0.3) is 0 Å². The summed E-state index contributed by atoms with van der Waals surface area (Å²) in [5.41, 5.74) is 0. The minimum absolute atomic E-state index is 0. The van der Waals surface area contributed by atoms with Gasteiger partial charge in [-0.2, -0.15) is 0 Å². The first-order chi connectivity index (χ1) is 6.57. The maximum absolute atomic E-state index is 8.93. The third-order valence-electron chi connectivity index (χ3n) is 1.88. The summed E-state index contributed by atoms with van der Waals surface area (Å²) in [7, 11) is 0. The van der Waals surface area contributed by atoms with Crippen molar-refractivity contribution in [3.05, 3.63) is 11.7 Å². The van der Waals surface area contributed by atoms with E-state index in [9.17, 15) is 0 Å². The molecule has 0 saturated carbocycles. The molecule has 0 saturated heterocycles. The molecule has 0 unspecified atom stereocenters. The van der Waals surface area contributed by atoms with E-state index in [2.05, 4.69) is 6.92 Å². The van der Waals surface area contributed by atoms with E-state index in [1.54, 1.807) is 0 Å². The summed E-state index contributed by atoms with van der Waals surface area (Å²) in [5, 5.41) is 17.9. The third kappa shape index (κ3) is 10.1. The van der Waals surface area contributed by atoms with Gasteiger partial charge in [-0.1, -0.05) is 26.2 Å². The first-order valence-electron chi connectivity index (χ1n) is 5.35. The molecule has 0 fully saturated rings. The zero-order chi connectivity index (χ0) is 11.0. The summed E-state index contributed by atoms with van der Waals surface area (Å²) in [4.78, 5) is 0. The first-order valence-corrected chi connectivity index (χ1v) is 5.35. The molecule has 0 bridgehead atoms. The van der Waals surface area contributed by atoms with Gasteiger partial charge < -0.3 is 14.9 Å². The van der Waals surface area contributed by atoms with E-state index >= 15 is 0 Å². The Labute approximate surface area is 107 Å². The van der Waals surface area contributed by atoms with Crippen molar-refractivity contribution in [2.75, 3.05) is 0 Å². The topological polar surface area (TPSA) is 49.7 Å². The van der Waals surface area contributed by atoms with Crippen LogP contribution in [0.1, 0.15) is 52.9 Å². The monoisotopic (exact) mass is 250 g/mol. The number of hydrogen-bond donors (Lipinski definition) is 2. The summed E-state index contributed by atoms with van der Waals surface area (Å²) in [6.07, 6.45) is 5.01. The SMILES string of the molecule is CCCCCCC(OC(C)C)=C(O)O.[Ti]. The molecule has 0 spiro atoms. The Morgan fingerprint density at radius 1 is 1.13 bits per heavy atom. The minimum atomic E-state index is -0.671. The largest absolute Gasteiger partial charge is 0.488 e. The normalized spacial score (nSPS) is 9.60. The fraction of sp³-hybridized carbons (Fsp3) is 0.818. The van der Waals surface area contributed by atoms with Crippen molar-refractivity contribution < 1.29 is 36.7 Å². The predicted molar refractivity (Wildman–Crippen MR) is 57.3 cm³/mol. The van der Waals surface area contributed by atoms with E-state index in [4.69, 9.17) is 14.9 Å². The molecule has 4 heteroatoms. The average molecular weight is 250 g/mol. The van der Waals surface area contributed by atoms with Gasteiger partial charge in [0.1, 0.15) is 0 Å². The number of aliphatic hydroxyl groups excluding tert-OH is 1. The molecule has 0 aromatic carbocycles. The van der Waals surface area contributed by atoms with E-state index in [0.29, 0.717) is 12.2 Å². The smallest absolute Gasteiger partial charge is 0.313 e. The van der Waals surface area contributed by atoms with Crippen LogP contribution in [0.15, 0.2) is 11.7 Å². The number of ether oxygens (including phenoxy) is 1. The fourth-order valence-corrected chi connectivity index (χ4v) is 1.22. The second-order valence-corrected chi connectivity index (χ2v) is 3.72. The molecule has 0 heterocycles. The zero-order valence-corrected chi connectivity index (χ0v) is 11.5. The molecule has 0 aliphatic rings. The molecule has 0 aliphatic heterocycles. The molecule has 0 aromatic rings. The van der Waals surface area contributed by atoms with Crippen molar-refractivity contribution in [2.24, 2.45) is 0 Å². The second kappa shape index (κ2) is 10.4. The molecule has 0 radical (unpaired) electrons. The number of unbranched alkanes of at least 4 members (excludes halogenated alkanes) is 3. The van der Waals surface area contributed by atoms with Crippen LogP contribution < -0.4 is 0 Å². The summed E-state index contributed by atoms with van der Waals surface area (Å²) < 4.78 is 5.27. The fourth-order valence-electron chi connectivity index (χ4n) is 1.22. The number of aliphatic hydroxyl groups is 2. The van der Waals surface area contributed by atoms with Crippen LogP contribution in [0.4, 0.5) is 0 Å². The van der Waals surface area contributed by atoms with Crippen molar-refractivity contribution >= 4 is 0 Å². The van der Waals surface area contributed by atoms with Crippen LogP contribution in [-0.4, -0.2) is 16.3 Å². The summed E-state index contributed by atoms with van der Waals surface area (Å²) in [6, 6.07) is 0. The standard InChI is InChI=1S/C11H22O3.Ti/c1-4-5-6-7-8-10(11(12)13)14-9(2)3;/h9,12-13H,4-8H2,1-3H3;. The molecule has 3 nitrogen and oxygen atoms in total. The van der Waals surface area contributed by atoms with Crippen LogP contribution >= 0.6 is 0 Å². The zero-order valence-electron chi connectivity index (χ0n) is 9.92. The molecule has 15 heavy (non-hydrogen) atoms. The maximum atomic E-state index is 8.93. The molecule has 2 N–H and O–H groups in total. The van der Waals surface area contributed by atoms with Crippen molar-refractivity contribution in [1.29, 1.82) is 0 Å². The summed E-state index contributed by atoms with van der Waals surface area (Å²) in [6.45, 7) is 5.88. The van der Waals surface area contributed by atoms with E-state index in [-0.39, 0.29) is 27.8 Å². The Hall–Kier alpha value is -0.146. The molecular formula is C11H22O3Ti. The number of rotatable bonds is 7. The summed E-state index contributed by atoms with van der Waals surface area (Å²) >= 11 is 0. The second-order valence-electron chi connectivity index (χ2n) is 3.72. The van der Waals surface area contributed by atoms with Gasteiger partial charge in [0.15, 0.2) is 5.76 Å². The number of allylic oxidation sites excluding steroid dienone is 1. The van der Waals surface area contributed by atoms with Gasteiger partial charge in [-0.3, -0.25) is 0 Å². The van der Waals surface area contributed by atoms with Crippen LogP contribution in [0.2, 0.25) is 0 Å². The van der Waals surface area contributed by atoms with Crippen LogP contribution in [0.5, 0.6) is 0 Å². The Bertz CT molecular complexity index is 175. The van der Waals surface area contributed by atoms with Gasteiger partial charge in [0.05, 0.1) is 6.10 Å². The maximum Gasteiger partial charge on any atom is 0.313 e.